The predicted molar refractivity (Wildman–Crippen MR) is 105 cm³/mol. The average molecular weight is 401 g/mol. The Morgan fingerprint density at radius 2 is 1.93 bits per heavy atom. The lowest BCUT2D eigenvalue weighted by Gasteiger charge is -2.22. The van der Waals surface area contributed by atoms with Gasteiger partial charge in [0.05, 0.1) is 32.2 Å². The monoisotopic (exact) mass is 401 g/mol. The zero-order valence-corrected chi connectivity index (χ0v) is 16.1. The van der Waals surface area contributed by atoms with Crippen LogP contribution in [0.5, 0.6) is 5.75 Å². The summed E-state index contributed by atoms with van der Waals surface area (Å²) in [6.07, 6.45) is 3.12. The highest BCUT2D eigenvalue weighted by molar-refractivity contribution is 5.82. The first-order valence-electron chi connectivity index (χ1n) is 9.44. The number of nitrogens with one attached hydrogen (secondary N) is 3. The molecule has 9 heteroatoms. The number of carbonyl (C=O) groups is 2. The van der Waals surface area contributed by atoms with Crippen LogP contribution in [0.1, 0.15) is 11.3 Å². The molecule has 0 unspecified atom stereocenters. The average Bonchev–Trinajstić information content (AvgIpc) is 3.26. The first-order chi connectivity index (χ1) is 14.2. The van der Waals surface area contributed by atoms with E-state index in [1.54, 1.807) is 48.9 Å². The minimum atomic E-state index is -0.239. The summed E-state index contributed by atoms with van der Waals surface area (Å²) in [6, 6.07) is 10.6. The van der Waals surface area contributed by atoms with E-state index in [2.05, 4.69) is 15.8 Å². The maximum atomic E-state index is 11.9. The third-order valence-electron chi connectivity index (χ3n) is 4.30. The SMILES string of the molecule is O=C(COc1ccc(/C=N\NC(=O)C[NH+]2CCOCC2)cc1)NCc1ccco1. The number of rotatable bonds is 9. The van der Waals surface area contributed by atoms with Gasteiger partial charge in [-0.15, -0.1) is 0 Å². The van der Waals surface area contributed by atoms with Gasteiger partial charge in [-0.3, -0.25) is 9.59 Å². The van der Waals surface area contributed by atoms with Gasteiger partial charge in [-0.1, -0.05) is 0 Å². The van der Waals surface area contributed by atoms with Crippen molar-refractivity contribution in [2.45, 2.75) is 6.54 Å². The number of carbonyl (C=O) groups excluding carboxylic acids is 2. The van der Waals surface area contributed by atoms with E-state index in [0.29, 0.717) is 37.8 Å². The predicted octanol–water partition coefficient (Wildman–Crippen LogP) is -0.660. The number of morpholine rings is 1. The fraction of sp³-hybridized carbons (Fsp3) is 0.350. The molecule has 1 aliphatic rings. The van der Waals surface area contributed by atoms with Crippen molar-refractivity contribution in [2.24, 2.45) is 5.10 Å². The molecule has 0 atom stereocenters. The maximum absolute atomic E-state index is 11.9. The molecule has 1 fully saturated rings. The Bertz CT molecular complexity index is 799. The molecule has 2 heterocycles. The summed E-state index contributed by atoms with van der Waals surface area (Å²) in [5, 5.41) is 6.68. The molecule has 0 bridgehead atoms. The van der Waals surface area contributed by atoms with Crippen LogP contribution in [-0.4, -0.2) is 57.5 Å². The molecular weight excluding hydrogens is 376 g/mol. The van der Waals surface area contributed by atoms with Crippen molar-refractivity contribution in [3.05, 3.63) is 54.0 Å². The minimum absolute atomic E-state index is 0.0892. The number of quaternary nitrogens is 1. The van der Waals surface area contributed by atoms with E-state index in [1.165, 1.54) is 4.90 Å². The lowest BCUT2D eigenvalue weighted by Crippen LogP contribution is -3.15. The van der Waals surface area contributed by atoms with Crippen molar-refractivity contribution in [1.29, 1.82) is 0 Å². The lowest BCUT2D eigenvalue weighted by atomic mass is 10.2. The molecule has 9 nitrogen and oxygen atoms in total. The molecule has 1 aromatic heterocycles. The Morgan fingerprint density at radius 1 is 1.14 bits per heavy atom. The van der Waals surface area contributed by atoms with E-state index in [1.807, 2.05) is 0 Å². The summed E-state index contributed by atoms with van der Waals surface area (Å²) in [5.74, 6) is 0.881. The molecule has 1 aromatic carbocycles. The van der Waals surface area contributed by atoms with Gasteiger partial charge in [-0.25, -0.2) is 5.43 Å². The Hall–Kier alpha value is -3.17. The molecule has 0 radical (unpaired) electrons. The summed E-state index contributed by atoms with van der Waals surface area (Å²) in [4.78, 5) is 24.9. The molecule has 0 saturated carbocycles. The first-order valence-corrected chi connectivity index (χ1v) is 9.44. The molecule has 154 valence electrons. The van der Waals surface area contributed by atoms with Gasteiger partial charge >= 0.3 is 0 Å². The van der Waals surface area contributed by atoms with Crippen LogP contribution in [0.15, 0.2) is 52.2 Å². The van der Waals surface area contributed by atoms with Crippen molar-refractivity contribution in [3.63, 3.8) is 0 Å². The molecule has 3 N–H and O–H groups in total. The molecule has 29 heavy (non-hydrogen) atoms. The molecule has 0 aliphatic carbocycles. The van der Waals surface area contributed by atoms with Crippen molar-refractivity contribution >= 4 is 18.0 Å². The smallest absolute Gasteiger partial charge is 0.295 e. The Balaban J connectivity index is 1.35. The highest BCUT2D eigenvalue weighted by Crippen LogP contribution is 2.11. The van der Waals surface area contributed by atoms with Crippen LogP contribution in [0.4, 0.5) is 0 Å². The molecule has 1 aliphatic heterocycles. The van der Waals surface area contributed by atoms with Crippen LogP contribution in [-0.2, 0) is 20.9 Å². The van der Waals surface area contributed by atoms with E-state index in [0.717, 1.165) is 18.7 Å². The van der Waals surface area contributed by atoms with Gasteiger partial charge in [0.15, 0.2) is 13.2 Å². The third-order valence-corrected chi connectivity index (χ3v) is 4.30. The van der Waals surface area contributed by atoms with Gasteiger partial charge in [0.1, 0.15) is 24.6 Å². The van der Waals surface area contributed by atoms with Crippen molar-refractivity contribution in [3.8, 4) is 5.75 Å². The van der Waals surface area contributed by atoms with E-state index >= 15 is 0 Å². The number of hydrogen-bond donors (Lipinski definition) is 3. The highest BCUT2D eigenvalue weighted by Gasteiger charge is 2.16. The molecule has 1 saturated heterocycles. The van der Waals surface area contributed by atoms with E-state index in [9.17, 15) is 9.59 Å². The number of nitrogens with zero attached hydrogens (tertiary/aromatic N) is 1. The second-order valence-electron chi connectivity index (χ2n) is 6.55. The fourth-order valence-corrected chi connectivity index (χ4v) is 2.73. The summed E-state index contributed by atoms with van der Waals surface area (Å²) in [5.41, 5.74) is 3.34. The summed E-state index contributed by atoms with van der Waals surface area (Å²) in [7, 11) is 0. The number of amides is 2. The van der Waals surface area contributed by atoms with Crippen LogP contribution >= 0.6 is 0 Å². The van der Waals surface area contributed by atoms with Crippen LogP contribution in [0, 0.1) is 0 Å². The van der Waals surface area contributed by atoms with Crippen molar-refractivity contribution in [2.75, 3.05) is 39.5 Å². The highest BCUT2D eigenvalue weighted by atomic mass is 16.5. The van der Waals surface area contributed by atoms with E-state index in [-0.39, 0.29) is 18.4 Å². The van der Waals surface area contributed by atoms with Crippen LogP contribution < -0.4 is 20.4 Å². The van der Waals surface area contributed by atoms with Gasteiger partial charge in [-0.05, 0) is 42.0 Å². The van der Waals surface area contributed by atoms with Crippen molar-refractivity contribution < 1.29 is 28.4 Å². The van der Waals surface area contributed by atoms with Gasteiger partial charge in [0.2, 0.25) is 0 Å². The van der Waals surface area contributed by atoms with Crippen LogP contribution in [0.2, 0.25) is 0 Å². The molecule has 3 rings (SSSR count). The van der Waals surface area contributed by atoms with Gasteiger partial charge in [0, 0.05) is 0 Å². The third kappa shape index (κ3) is 7.40. The molecular formula is C20H25N4O5+. The zero-order valence-electron chi connectivity index (χ0n) is 16.1. The number of hydrazone groups is 1. The standard InChI is InChI=1S/C20H24N4O5/c25-19(14-24-7-10-27-11-8-24)23-22-12-16-3-5-17(6-4-16)29-15-20(26)21-13-18-2-1-9-28-18/h1-6,9,12H,7-8,10-11,13-15H2,(H,21,26)(H,23,25)/p+1/b22-12-. The number of hydrogen-bond acceptors (Lipinski definition) is 6. The second-order valence-corrected chi connectivity index (χ2v) is 6.55. The summed E-state index contributed by atoms with van der Waals surface area (Å²) < 4.78 is 15.9. The summed E-state index contributed by atoms with van der Waals surface area (Å²) in [6.45, 7) is 3.66. The maximum Gasteiger partial charge on any atom is 0.295 e. The van der Waals surface area contributed by atoms with Gasteiger partial charge < -0.3 is 24.1 Å². The number of benzene rings is 1. The second kappa shape index (κ2) is 11.0. The number of furan rings is 1. The van der Waals surface area contributed by atoms with Crippen molar-refractivity contribution in [1.82, 2.24) is 10.7 Å². The zero-order chi connectivity index (χ0) is 20.3. The summed E-state index contributed by atoms with van der Waals surface area (Å²) >= 11 is 0. The molecule has 2 aromatic rings. The molecule has 0 spiro atoms. The Morgan fingerprint density at radius 3 is 2.66 bits per heavy atom. The van der Waals surface area contributed by atoms with Gasteiger partial charge in [0.25, 0.3) is 11.8 Å². The van der Waals surface area contributed by atoms with E-state index < -0.39 is 0 Å². The van der Waals surface area contributed by atoms with Crippen LogP contribution in [0.25, 0.3) is 0 Å². The number of ether oxygens (including phenoxy) is 2. The quantitative estimate of drug-likeness (QED) is 0.382. The minimum Gasteiger partial charge on any atom is -0.484 e. The Kier molecular flexibility index (Phi) is 7.79. The first kappa shape index (κ1) is 20.6. The topological polar surface area (TPSA) is 107 Å². The Labute approximate surface area is 168 Å². The van der Waals surface area contributed by atoms with Crippen LogP contribution in [0.3, 0.4) is 0 Å². The molecule has 2 amide bonds. The normalized spacial score (nSPS) is 14.6. The largest absolute Gasteiger partial charge is 0.484 e. The van der Waals surface area contributed by atoms with E-state index in [4.69, 9.17) is 13.9 Å². The lowest BCUT2D eigenvalue weighted by molar-refractivity contribution is -0.900. The van der Waals surface area contributed by atoms with Gasteiger partial charge in [-0.2, -0.15) is 5.10 Å². The fourth-order valence-electron chi connectivity index (χ4n) is 2.73.